The van der Waals surface area contributed by atoms with Gasteiger partial charge in [-0.3, -0.25) is 0 Å². The zero-order valence-corrected chi connectivity index (χ0v) is 7.47. The van der Waals surface area contributed by atoms with Gasteiger partial charge in [0.2, 0.25) is 0 Å². The molecule has 13 heavy (non-hydrogen) atoms. The molecule has 0 atom stereocenters. The Morgan fingerprint density at radius 1 is 1.31 bits per heavy atom. The molecule has 0 aliphatic heterocycles. The number of hydrogen-bond donors (Lipinski definition) is 2. The summed E-state index contributed by atoms with van der Waals surface area (Å²) >= 11 is 1.11. The van der Waals surface area contributed by atoms with Gasteiger partial charge in [0.25, 0.3) is 0 Å². The maximum absolute atomic E-state index is 10.8. The summed E-state index contributed by atoms with van der Waals surface area (Å²) in [7, 11) is 0. The Morgan fingerprint density at radius 3 is 2.54 bits per heavy atom. The largest absolute Gasteiger partial charge is 0.477 e. The molecule has 1 aromatic carbocycles. The number of anilines is 1. The molecule has 3 N–H and O–H groups in total. The van der Waals surface area contributed by atoms with Crippen LogP contribution in [0.4, 0.5) is 5.00 Å². The fourth-order valence-electron chi connectivity index (χ4n) is 1.27. The highest BCUT2D eigenvalue weighted by Crippen LogP contribution is 2.32. The Balaban J connectivity index is 2.85. The Bertz CT molecular complexity index is 475. The van der Waals surface area contributed by atoms with Crippen molar-refractivity contribution in [1.29, 1.82) is 0 Å². The van der Waals surface area contributed by atoms with Crippen LogP contribution in [0.3, 0.4) is 0 Å². The zero-order chi connectivity index (χ0) is 9.42. The molecular formula is C9H7NO2S. The first kappa shape index (κ1) is 8.07. The van der Waals surface area contributed by atoms with Crippen molar-refractivity contribution in [3.63, 3.8) is 0 Å². The van der Waals surface area contributed by atoms with Gasteiger partial charge in [-0.1, -0.05) is 24.3 Å². The molecule has 0 saturated heterocycles. The highest BCUT2D eigenvalue weighted by Gasteiger charge is 2.13. The Hall–Kier alpha value is -1.55. The van der Waals surface area contributed by atoms with E-state index in [1.807, 2.05) is 12.1 Å². The number of hydrogen-bond acceptors (Lipinski definition) is 3. The molecule has 0 spiro atoms. The highest BCUT2D eigenvalue weighted by atomic mass is 32.1. The fraction of sp³-hybridized carbons (Fsp3) is 0. The Morgan fingerprint density at radius 2 is 1.92 bits per heavy atom. The molecule has 66 valence electrons. The van der Waals surface area contributed by atoms with E-state index in [0.29, 0.717) is 9.88 Å². The molecule has 0 aliphatic rings. The van der Waals surface area contributed by atoms with Gasteiger partial charge in [0.1, 0.15) is 4.88 Å². The quantitative estimate of drug-likeness (QED) is 0.729. The minimum Gasteiger partial charge on any atom is -0.477 e. The van der Waals surface area contributed by atoms with Crippen molar-refractivity contribution in [1.82, 2.24) is 0 Å². The third-order valence-corrected chi connectivity index (χ3v) is 2.88. The minimum atomic E-state index is -0.919. The Labute approximate surface area is 78.4 Å². The van der Waals surface area contributed by atoms with Gasteiger partial charge < -0.3 is 10.8 Å². The molecule has 1 aromatic heterocycles. The van der Waals surface area contributed by atoms with Gasteiger partial charge in [0.05, 0.1) is 5.00 Å². The van der Waals surface area contributed by atoms with E-state index in [1.165, 1.54) is 0 Å². The first-order valence-electron chi connectivity index (χ1n) is 3.70. The summed E-state index contributed by atoms with van der Waals surface area (Å²) in [5, 5.41) is 11.0. The lowest BCUT2D eigenvalue weighted by Gasteiger charge is -1.90. The van der Waals surface area contributed by atoms with Crippen LogP contribution in [-0.2, 0) is 0 Å². The van der Waals surface area contributed by atoms with Crippen LogP contribution in [0.5, 0.6) is 0 Å². The number of carboxylic acids is 1. The van der Waals surface area contributed by atoms with Crippen LogP contribution in [0, 0.1) is 0 Å². The van der Waals surface area contributed by atoms with Gasteiger partial charge in [-0.2, -0.15) is 0 Å². The monoisotopic (exact) mass is 193 g/mol. The maximum Gasteiger partial charge on any atom is 0.346 e. The summed E-state index contributed by atoms with van der Waals surface area (Å²) < 4.78 is 0. The van der Waals surface area contributed by atoms with Crippen molar-refractivity contribution in [2.45, 2.75) is 0 Å². The van der Waals surface area contributed by atoms with E-state index in [4.69, 9.17) is 10.8 Å². The molecule has 3 nitrogen and oxygen atoms in total. The lowest BCUT2D eigenvalue weighted by Crippen LogP contribution is -1.91. The summed E-state index contributed by atoms with van der Waals surface area (Å²) in [5.41, 5.74) is 5.67. The zero-order valence-electron chi connectivity index (χ0n) is 6.65. The van der Waals surface area contributed by atoms with Crippen molar-refractivity contribution in [2.24, 2.45) is 0 Å². The third-order valence-electron chi connectivity index (χ3n) is 1.84. The first-order chi connectivity index (χ1) is 6.20. The first-order valence-corrected chi connectivity index (χ1v) is 4.52. The van der Waals surface area contributed by atoms with Gasteiger partial charge in [-0.15, -0.1) is 11.3 Å². The molecule has 0 bridgehead atoms. The second kappa shape index (κ2) is 2.74. The number of fused-ring (bicyclic) bond motifs is 1. The molecule has 2 aromatic rings. The average molecular weight is 193 g/mol. The molecule has 0 unspecified atom stereocenters. The normalized spacial score (nSPS) is 10.5. The van der Waals surface area contributed by atoms with Crippen LogP contribution in [0.15, 0.2) is 24.3 Å². The van der Waals surface area contributed by atoms with Gasteiger partial charge in [-0.25, -0.2) is 4.79 Å². The average Bonchev–Trinajstić information content (AvgIpc) is 2.45. The van der Waals surface area contributed by atoms with Crippen molar-refractivity contribution in [3.05, 3.63) is 29.1 Å². The van der Waals surface area contributed by atoms with Gasteiger partial charge in [0.15, 0.2) is 0 Å². The molecule has 0 amide bonds. The lowest BCUT2D eigenvalue weighted by atomic mass is 10.2. The van der Waals surface area contributed by atoms with E-state index in [1.54, 1.807) is 12.1 Å². The minimum absolute atomic E-state index is 0.313. The molecule has 0 aliphatic carbocycles. The summed E-state index contributed by atoms with van der Waals surface area (Å²) in [5.74, 6) is -0.919. The number of rotatable bonds is 1. The second-order valence-corrected chi connectivity index (χ2v) is 3.70. The van der Waals surface area contributed by atoms with E-state index < -0.39 is 5.97 Å². The van der Waals surface area contributed by atoms with Crippen molar-refractivity contribution in [2.75, 3.05) is 5.73 Å². The van der Waals surface area contributed by atoms with Crippen molar-refractivity contribution in [3.8, 4) is 0 Å². The molecule has 0 fully saturated rings. The predicted octanol–water partition coefficient (Wildman–Crippen LogP) is 2.18. The van der Waals surface area contributed by atoms with E-state index >= 15 is 0 Å². The topological polar surface area (TPSA) is 63.3 Å². The molecule has 2 rings (SSSR count). The Kier molecular flexibility index (Phi) is 1.70. The molecule has 0 radical (unpaired) electrons. The summed E-state index contributed by atoms with van der Waals surface area (Å²) in [6, 6.07) is 7.25. The number of carboxylic acid groups (broad SMARTS) is 1. The van der Waals surface area contributed by atoms with E-state index in [0.717, 1.165) is 22.1 Å². The summed E-state index contributed by atoms with van der Waals surface area (Å²) in [6.07, 6.45) is 0. The standard InChI is InChI=1S/C9H7NO2S/c10-8-6-4-2-1-3-5(6)7(13-8)9(11)12/h1-4H,10H2,(H,11,12). The second-order valence-electron chi connectivity index (χ2n) is 2.65. The SMILES string of the molecule is Nc1sc(C(=O)O)c2ccccc12. The van der Waals surface area contributed by atoms with Crippen LogP contribution >= 0.6 is 11.3 Å². The maximum atomic E-state index is 10.8. The van der Waals surface area contributed by atoms with Crippen molar-refractivity contribution >= 4 is 33.1 Å². The van der Waals surface area contributed by atoms with E-state index in [-0.39, 0.29) is 0 Å². The van der Waals surface area contributed by atoms with E-state index in [2.05, 4.69) is 0 Å². The predicted molar refractivity (Wildman–Crippen MR) is 53.2 cm³/mol. The lowest BCUT2D eigenvalue weighted by molar-refractivity contribution is 0.0704. The van der Waals surface area contributed by atoms with Crippen LogP contribution in [0.25, 0.3) is 10.8 Å². The third kappa shape index (κ3) is 1.15. The summed E-state index contributed by atoms with van der Waals surface area (Å²) in [4.78, 5) is 11.1. The van der Waals surface area contributed by atoms with E-state index in [9.17, 15) is 4.79 Å². The number of benzene rings is 1. The van der Waals surface area contributed by atoms with Crippen LogP contribution in [0.2, 0.25) is 0 Å². The number of carbonyl (C=O) groups is 1. The number of nitrogen functional groups attached to an aromatic ring is 1. The van der Waals surface area contributed by atoms with Crippen molar-refractivity contribution < 1.29 is 9.90 Å². The van der Waals surface area contributed by atoms with Crippen LogP contribution in [-0.4, -0.2) is 11.1 Å². The summed E-state index contributed by atoms with van der Waals surface area (Å²) in [6.45, 7) is 0. The van der Waals surface area contributed by atoms with Crippen LogP contribution in [0.1, 0.15) is 9.67 Å². The smallest absolute Gasteiger partial charge is 0.346 e. The van der Waals surface area contributed by atoms with Gasteiger partial charge >= 0.3 is 5.97 Å². The molecular weight excluding hydrogens is 186 g/mol. The fourth-order valence-corrected chi connectivity index (χ4v) is 2.16. The molecule has 1 heterocycles. The van der Waals surface area contributed by atoms with Crippen LogP contribution < -0.4 is 5.73 Å². The molecule has 0 saturated carbocycles. The number of nitrogens with two attached hydrogens (primary N) is 1. The molecule has 4 heteroatoms. The van der Waals surface area contributed by atoms with Gasteiger partial charge in [0, 0.05) is 10.8 Å². The number of aromatic carboxylic acids is 1. The number of thiophene rings is 1. The van der Waals surface area contributed by atoms with Gasteiger partial charge in [-0.05, 0) is 0 Å². The highest BCUT2D eigenvalue weighted by molar-refractivity contribution is 7.19.